The maximum absolute atomic E-state index is 13.4. The van der Waals surface area contributed by atoms with Gasteiger partial charge in [-0.3, -0.25) is 24.2 Å². The van der Waals surface area contributed by atoms with Gasteiger partial charge in [-0.25, -0.2) is 0 Å². The highest BCUT2D eigenvalue weighted by molar-refractivity contribution is 8.14. The maximum Gasteiger partial charge on any atom is 0.290 e. The van der Waals surface area contributed by atoms with Crippen LogP contribution in [0.5, 0.6) is 0 Å². The average molecular weight is 411 g/mol. The molecule has 1 fully saturated rings. The van der Waals surface area contributed by atoms with Gasteiger partial charge in [0.05, 0.1) is 11.7 Å². The van der Waals surface area contributed by atoms with E-state index in [9.17, 15) is 14.4 Å². The van der Waals surface area contributed by atoms with Gasteiger partial charge in [-0.05, 0) is 42.5 Å². The number of rotatable bonds is 7. The molecule has 1 atom stereocenters. The number of para-hydroxylation sites is 1. The number of hydrogen-bond acceptors (Lipinski definition) is 4. The number of anilines is 1. The Hall–Kier alpha value is -2.60. The summed E-state index contributed by atoms with van der Waals surface area (Å²) in [5.41, 5.74) is 2.82. The van der Waals surface area contributed by atoms with Crippen molar-refractivity contribution in [1.29, 1.82) is 0 Å². The third kappa shape index (κ3) is 5.07. The van der Waals surface area contributed by atoms with E-state index in [0.29, 0.717) is 11.6 Å². The lowest BCUT2D eigenvalue weighted by Gasteiger charge is -2.29. The van der Waals surface area contributed by atoms with E-state index < -0.39 is 5.92 Å². The quantitative estimate of drug-likeness (QED) is 0.665. The predicted molar refractivity (Wildman–Crippen MR) is 117 cm³/mol. The Bertz CT molecular complexity index is 865. The minimum Gasteiger partial charge on any atom is -0.293 e. The van der Waals surface area contributed by atoms with Crippen LogP contribution in [0.2, 0.25) is 0 Å². The lowest BCUT2D eigenvalue weighted by molar-refractivity contribution is -0.125. The average Bonchev–Trinajstić information content (AvgIpc) is 3.03. The summed E-state index contributed by atoms with van der Waals surface area (Å²) in [4.78, 5) is 40.2. The number of amides is 3. The predicted octanol–water partition coefficient (Wildman–Crippen LogP) is 4.67. The van der Waals surface area contributed by atoms with Gasteiger partial charge in [0.2, 0.25) is 11.8 Å². The first-order valence-corrected chi connectivity index (χ1v) is 10.8. The van der Waals surface area contributed by atoms with Gasteiger partial charge in [-0.1, -0.05) is 68.1 Å². The van der Waals surface area contributed by atoms with Crippen molar-refractivity contribution in [3.63, 3.8) is 0 Å². The van der Waals surface area contributed by atoms with E-state index in [1.54, 1.807) is 0 Å². The highest BCUT2D eigenvalue weighted by atomic mass is 32.2. The molecule has 0 aromatic heterocycles. The van der Waals surface area contributed by atoms with E-state index in [-0.39, 0.29) is 29.5 Å². The SMILES string of the molecule is CC(C)Cc1ccc(C(C)C(=O)N(CN2C(=O)CSC2=O)c2ccccc2)cc1. The lowest BCUT2D eigenvalue weighted by atomic mass is 9.96. The smallest absolute Gasteiger partial charge is 0.290 e. The molecule has 3 amide bonds. The fraction of sp³-hybridized carbons (Fsp3) is 0.348. The summed E-state index contributed by atoms with van der Waals surface area (Å²) >= 11 is 0.973. The second-order valence-electron chi connectivity index (χ2n) is 7.68. The molecule has 5 nitrogen and oxygen atoms in total. The Balaban J connectivity index is 1.83. The Morgan fingerprint density at radius 2 is 1.69 bits per heavy atom. The van der Waals surface area contributed by atoms with Gasteiger partial charge < -0.3 is 0 Å². The van der Waals surface area contributed by atoms with Crippen molar-refractivity contribution < 1.29 is 14.4 Å². The topological polar surface area (TPSA) is 57.7 Å². The van der Waals surface area contributed by atoms with Crippen molar-refractivity contribution in [2.75, 3.05) is 17.3 Å². The number of thioether (sulfide) groups is 1. The van der Waals surface area contributed by atoms with Gasteiger partial charge in [0, 0.05) is 5.69 Å². The Kier molecular flexibility index (Phi) is 6.75. The molecule has 2 aromatic rings. The molecule has 2 aromatic carbocycles. The summed E-state index contributed by atoms with van der Waals surface area (Å²) in [6.07, 6.45) is 0.996. The van der Waals surface area contributed by atoms with E-state index in [2.05, 4.69) is 26.0 Å². The number of benzene rings is 2. The van der Waals surface area contributed by atoms with Crippen LogP contribution < -0.4 is 4.90 Å². The molecular weight excluding hydrogens is 384 g/mol. The minimum atomic E-state index is -0.399. The molecule has 0 saturated carbocycles. The van der Waals surface area contributed by atoms with Gasteiger partial charge in [-0.2, -0.15) is 0 Å². The summed E-state index contributed by atoms with van der Waals surface area (Å²) in [5, 5.41) is -0.311. The van der Waals surface area contributed by atoms with Crippen LogP contribution in [0.4, 0.5) is 10.5 Å². The molecule has 0 N–H and O–H groups in total. The number of carbonyl (C=O) groups excluding carboxylic acids is 3. The Labute approximate surface area is 176 Å². The zero-order valence-electron chi connectivity index (χ0n) is 17.0. The number of imide groups is 1. The molecule has 3 rings (SSSR count). The van der Waals surface area contributed by atoms with Gasteiger partial charge in [0.25, 0.3) is 5.24 Å². The van der Waals surface area contributed by atoms with Crippen LogP contribution in [0.3, 0.4) is 0 Å². The van der Waals surface area contributed by atoms with Crippen molar-refractivity contribution >= 4 is 34.5 Å². The lowest BCUT2D eigenvalue weighted by Crippen LogP contribution is -2.45. The van der Waals surface area contributed by atoms with Gasteiger partial charge in [-0.15, -0.1) is 0 Å². The zero-order valence-corrected chi connectivity index (χ0v) is 17.8. The second kappa shape index (κ2) is 9.27. The minimum absolute atomic E-state index is 0.0662. The van der Waals surface area contributed by atoms with Gasteiger partial charge >= 0.3 is 0 Å². The number of carbonyl (C=O) groups is 3. The highest BCUT2D eigenvalue weighted by Crippen LogP contribution is 2.26. The summed E-state index contributed by atoms with van der Waals surface area (Å²) in [6, 6.07) is 17.3. The first kappa shape index (κ1) is 21.1. The van der Waals surface area contributed by atoms with E-state index >= 15 is 0 Å². The Morgan fingerprint density at radius 3 is 2.24 bits per heavy atom. The monoisotopic (exact) mass is 410 g/mol. The van der Waals surface area contributed by atoms with Crippen molar-refractivity contribution in [2.24, 2.45) is 5.92 Å². The van der Waals surface area contributed by atoms with Crippen molar-refractivity contribution in [2.45, 2.75) is 33.1 Å². The molecule has 1 saturated heterocycles. The van der Waals surface area contributed by atoms with Crippen molar-refractivity contribution in [1.82, 2.24) is 4.90 Å². The molecule has 0 radical (unpaired) electrons. The molecule has 152 valence electrons. The molecule has 6 heteroatoms. The molecule has 1 aliphatic heterocycles. The van der Waals surface area contributed by atoms with Crippen LogP contribution in [-0.2, 0) is 16.0 Å². The second-order valence-corrected chi connectivity index (χ2v) is 8.61. The normalized spacial score (nSPS) is 15.1. The zero-order chi connectivity index (χ0) is 21.0. The molecule has 1 heterocycles. The van der Waals surface area contributed by atoms with Crippen molar-refractivity contribution in [3.8, 4) is 0 Å². The first-order valence-electron chi connectivity index (χ1n) is 9.79. The molecule has 0 bridgehead atoms. The van der Waals surface area contributed by atoms with E-state index in [1.165, 1.54) is 10.5 Å². The Morgan fingerprint density at radius 1 is 1.03 bits per heavy atom. The molecule has 0 aliphatic carbocycles. The van der Waals surface area contributed by atoms with Crippen LogP contribution in [0.25, 0.3) is 0 Å². The summed E-state index contributed by atoms with van der Waals surface area (Å²) in [6.45, 7) is 6.15. The molecule has 0 spiro atoms. The number of hydrogen-bond donors (Lipinski definition) is 0. The van der Waals surface area contributed by atoms with Crippen LogP contribution in [0.1, 0.15) is 37.8 Å². The van der Waals surface area contributed by atoms with Crippen LogP contribution in [0.15, 0.2) is 54.6 Å². The van der Waals surface area contributed by atoms with E-state index in [4.69, 9.17) is 0 Å². The van der Waals surface area contributed by atoms with E-state index in [0.717, 1.165) is 28.6 Å². The molecular formula is C23H26N2O3S. The first-order chi connectivity index (χ1) is 13.9. The van der Waals surface area contributed by atoms with Crippen LogP contribution in [0, 0.1) is 5.92 Å². The summed E-state index contributed by atoms with van der Waals surface area (Å²) < 4.78 is 0. The van der Waals surface area contributed by atoms with Gasteiger partial charge in [0.15, 0.2) is 0 Å². The summed E-state index contributed by atoms with van der Waals surface area (Å²) in [7, 11) is 0. The molecule has 1 unspecified atom stereocenters. The fourth-order valence-electron chi connectivity index (χ4n) is 3.34. The van der Waals surface area contributed by atoms with Crippen LogP contribution >= 0.6 is 11.8 Å². The van der Waals surface area contributed by atoms with Crippen LogP contribution in [-0.4, -0.2) is 34.4 Å². The fourth-order valence-corrected chi connectivity index (χ4v) is 4.05. The summed E-state index contributed by atoms with van der Waals surface area (Å²) in [5.74, 6) is -0.113. The largest absolute Gasteiger partial charge is 0.293 e. The number of nitrogens with zero attached hydrogens (tertiary/aromatic N) is 2. The van der Waals surface area contributed by atoms with Gasteiger partial charge in [0.1, 0.15) is 6.67 Å². The highest BCUT2D eigenvalue weighted by Gasteiger charge is 2.34. The van der Waals surface area contributed by atoms with Crippen molar-refractivity contribution in [3.05, 3.63) is 65.7 Å². The standard InChI is InChI=1S/C23H26N2O3S/c1-16(2)13-18-9-11-19(12-10-18)17(3)22(27)24(20-7-5-4-6-8-20)15-25-21(26)14-29-23(25)28/h4-12,16-17H,13-15H2,1-3H3. The maximum atomic E-state index is 13.4. The third-order valence-electron chi connectivity index (χ3n) is 4.95. The van der Waals surface area contributed by atoms with E-state index in [1.807, 2.05) is 49.4 Å². The molecule has 1 aliphatic rings. The third-order valence-corrected chi connectivity index (χ3v) is 5.81. The molecule has 29 heavy (non-hydrogen) atoms.